The average molecular weight is 347 g/mol. The van der Waals surface area contributed by atoms with Gasteiger partial charge in [-0.3, -0.25) is 0 Å². The van der Waals surface area contributed by atoms with Gasteiger partial charge in [-0.15, -0.1) is 0 Å². The zero-order chi connectivity index (χ0) is 17.6. The maximum atomic E-state index is 10.4. The molecule has 6 heteroatoms. The first-order valence-corrected chi connectivity index (χ1v) is 9.00. The third-order valence-corrected chi connectivity index (χ3v) is 6.26. The van der Waals surface area contributed by atoms with Crippen LogP contribution in [-0.4, -0.2) is 48.1 Å². The second-order valence-electron chi connectivity index (χ2n) is 8.57. The molecule has 4 aliphatic rings. The molecule has 2 N–H and O–H groups in total. The van der Waals surface area contributed by atoms with Gasteiger partial charge in [-0.25, -0.2) is 0 Å². The Hall–Kier alpha value is -1.34. The van der Waals surface area contributed by atoms with Gasteiger partial charge in [0.15, 0.2) is 12.1 Å². The number of phenols is 1. The molecule has 0 bridgehead atoms. The summed E-state index contributed by atoms with van der Waals surface area (Å²) in [6, 6.07) is 5.72. The predicted octanol–water partition coefficient (Wildman–Crippen LogP) is 2.36. The number of rotatable bonds is 0. The monoisotopic (exact) mass is 347 g/mol. The van der Waals surface area contributed by atoms with Gasteiger partial charge in [0.1, 0.15) is 24.1 Å². The number of benzene rings is 1. The molecule has 25 heavy (non-hydrogen) atoms. The topological polar surface area (TPSA) is 69.2 Å². The predicted molar refractivity (Wildman–Crippen MR) is 90.5 cm³/mol. The maximum absolute atomic E-state index is 10.4. The molecule has 6 nitrogen and oxygen atoms in total. The van der Waals surface area contributed by atoms with Crippen LogP contribution in [0.2, 0.25) is 0 Å². The number of phenolic OH excluding ortho intramolecular Hbond substituents is 1. The first-order chi connectivity index (χ1) is 11.8. The van der Waals surface area contributed by atoms with Gasteiger partial charge >= 0.3 is 0 Å². The SMILES string of the molecule is CC1(C)O[C@H]2O[C@@H]3[C@@H]4Nc5c(O)cccc5C(C)(C)[C@H]4CO[C@@H]3[C@H]2O1. The van der Waals surface area contributed by atoms with Crippen LogP contribution in [0.5, 0.6) is 5.75 Å². The van der Waals surface area contributed by atoms with Crippen molar-refractivity contribution >= 4 is 5.69 Å². The molecule has 4 aliphatic heterocycles. The van der Waals surface area contributed by atoms with Crippen LogP contribution in [0.4, 0.5) is 5.69 Å². The first-order valence-electron chi connectivity index (χ1n) is 9.00. The molecule has 0 radical (unpaired) electrons. The molecule has 0 aromatic heterocycles. The number of anilines is 1. The summed E-state index contributed by atoms with van der Waals surface area (Å²) in [5.41, 5.74) is 1.77. The molecule has 1 aromatic carbocycles. The van der Waals surface area contributed by atoms with Gasteiger partial charge in [0.2, 0.25) is 0 Å². The number of aromatic hydroxyl groups is 1. The smallest absolute Gasteiger partial charge is 0.190 e. The Balaban J connectivity index is 1.51. The van der Waals surface area contributed by atoms with Crippen molar-refractivity contribution in [2.75, 3.05) is 11.9 Å². The van der Waals surface area contributed by atoms with Gasteiger partial charge in [0.05, 0.1) is 18.3 Å². The summed E-state index contributed by atoms with van der Waals surface area (Å²) in [6.07, 6.45) is -0.948. The summed E-state index contributed by atoms with van der Waals surface area (Å²) in [7, 11) is 0. The highest BCUT2D eigenvalue weighted by Gasteiger charge is 2.62. The molecular weight excluding hydrogens is 322 g/mol. The zero-order valence-electron chi connectivity index (χ0n) is 15.0. The lowest BCUT2D eigenvalue weighted by Gasteiger charge is -2.51. The third-order valence-electron chi connectivity index (χ3n) is 6.26. The van der Waals surface area contributed by atoms with Crippen LogP contribution < -0.4 is 5.32 Å². The normalized spacial score (nSPS) is 42.7. The van der Waals surface area contributed by atoms with Crippen molar-refractivity contribution in [1.29, 1.82) is 0 Å². The molecule has 3 fully saturated rings. The highest BCUT2D eigenvalue weighted by molar-refractivity contribution is 5.66. The van der Waals surface area contributed by atoms with Crippen LogP contribution in [0, 0.1) is 5.92 Å². The van der Waals surface area contributed by atoms with Crippen molar-refractivity contribution < 1.29 is 24.1 Å². The molecule has 0 spiro atoms. The van der Waals surface area contributed by atoms with Crippen molar-refractivity contribution in [3.63, 3.8) is 0 Å². The van der Waals surface area contributed by atoms with Gasteiger partial charge in [0, 0.05) is 5.92 Å². The van der Waals surface area contributed by atoms with Crippen molar-refractivity contribution in [1.82, 2.24) is 0 Å². The minimum atomic E-state index is -0.648. The van der Waals surface area contributed by atoms with E-state index in [-0.39, 0.29) is 41.4 Å². The molecule has 136 valence electrons. The van der Waals surface area contributed by atoms with Gasteiger partial charge in [-0.05, 0) is 30.9 Å². The highest BCUT2D eigenvalue weighted by Crippen LogP contribution is 2.52. The van der Waals surface area contributed by atoms with E-state index in [0.29, 0.717) is 6.61 Å². The molecule has 1 aromatic rings. The summed E-state index contributed by atoms with van der Waals surface area (Å²) >= 11 is 0. The Morgan fingerprint density at radius 3 is 2.68 bits per heavy atom. The van der Waals surface area contributed by atoms with Crippen molar-refractivity contribution in [3.05, 3.63) is 23.8 Å². The number of para-hydroxylation sites is 1. The Kier molecular flexibility index (Phi) is 3.10. The molecule has 6 atom stereocenters. The number of hydrogen-bond acceptors (Lipinski definition) is 6. The van der Waals surface area contributed by atoms with Gasteiger partial charge < -0.3 is 29.4 Å². The fourth-order valence-electron chi connectivity index (χ4n) is 4.97. The third kappa shape index (κ3) is 2.11. The molecule has 5 rings (SSSR count). The van der Waals surface area contributed by atoms with E-state index in [9.17, 15) is 5.11 Å². The molecular formula is C19H25NO5. The molecule has 0 saturated carbocycles. The fraction of sp³-hybridized carbons (Fsp3) is 0.684. The fourth-order valence-corrected chi connectivity index (χ4v) is 4.97. The highest BCUT2D eigenvalue weighted by atomic mass is 16.8. The van der Waals surface area contributed by atoms with Crippen LogP contribution in [-0.2, 0) is 24.4 Å². The van der Waals surface area contributed by atoms with E-state index in [1.165, 1.54) is 0 Å². The van der Waals surface area contributed by atoms with E-state index in [2.05, 4.69) is 25.2 Å². The van der Waals surface area contributed by atoms with Crippen LogP contribution in [0.15, 0.2) is 18.2 Å². The van der Waals surface area contributed by atoms with Crippen LogP contribution in [0.3, 0.4) is 0 Å². The van der Waals surface area contributed by atoms with E-state index in [4.69, 9.17) is 18.9 Å². The van der Waals surface area contributed by atoms with Crippen LogP contribution >= 0.6 is 0 Å². The maximum Gasteiger partial charge on any atom is 0.190 e. The lowest BCUT2D eigenvalue weighted by Crippen LogP contribution is -2.61. The Labute approximate surface area is 147 Å². The summed E-state index contributed by atoms with van der Waals surface area (Å²) in [4.78, 5) is 0. The van der Waals surface area contributed by atoms with Crippen LogP contribution in [0.1, 0.15) is 33.3 Å². The molecule has 0 unspecified atom stereocenters. The first kappa shape index (κ1) is 15.9. The second kappa shape index (κ2) is 4.88. The average Bonchev–Trinajstić information content (AvgIpc) is 3.00. The lowest BCUT2D eigenvalue weighted by atomic mass is 9.65. The number of nitrogens with one attached hydrogen (secondary N) is 1. The molecule has 3 saturated heterocycles. The van der Waals surface area contributed by atoms with Gasteiger partial charge in [-0.2, -0.15) is 0 Å². The van der Waals surface area contributed by atoms with Crippen molar-refractivity contribution in [2.24, 2.45) is 5.92 Å². The minimum absolute atomic E-state index is 0.0375. The van der Waals surface area contributed by atoms with Crippen molar-refractivity contribution in [3.8, 4) is 5.75 Å². The summed E-state index contributed by atoms with van der Waals surface area (Å²) in [6.45, 7) is 8.83. The summed E-state index contributed by atoms with van der Waals surface area (Å²) in [5, 5.41) is 13.9. The number of fused-ring (bicyclic) bond motifs is 6. The molecule has 0 amide bonds. The molecule has 4 heterocycles. The standard InChI is InChI=1S/C19H25NO5/c1-18(2)9-6-5-7-11(21)12(9)20-13-10(18)8-22-15-14(13)23-17-16(15)24-19(3,4)25-17/h5-7,10,13-17,20-21H,8H2,1-4H3/t10-,13+,14+,15-,16+,17+/m0/s1. The number of hydrogen-bond donors (Lipinski definition) is 2. The summed E-state index contributed by atoms with van der Waals surface area (Å²) < 4.78 is 24.4. The second-order valence-corrected chi connectivity index (χ2v) is 8.57. The minimum Gasteiger partial charge on any atom is -0.506 e. The van der Waals surface area contributed by atoms with E-state index in [1.54, 1.807) is 6.07 Å². The zero-order valence-corrected chi connectivity index (χ0v) is 15.0. The largest absolute Gasteiger partial charge is 0.506 e. The lowest BCUT2D eigenvalue weighted by molar-refractivity contribution is -0.232. The van der Waals surface area contributed by atoms with E-state index in [1.807, 2.05) is 19.9 Å². The Morgan fingerprint density at radius 1 is 1.08 bits per heavy atom. The van der Waals surface area contributed by atoms with E-state index < -0.39 is 12.1 Å². The Morgan fingerprint density at radius 2 is 1.88 bits per heavy atom. The van der Waals surface area contributed by atoms with Gasteiger partial charge in [0.25, 0.3) is 0 Å². The summed E-state index contributed by atoms with van der Waals surface area (Å²) in [5.74, 6) is -0.140. The van der Waals surface area contributed by atoms with E-state index >= 15 is 0 Å². The number of ether oxygens (including phenoxy) is 4. The van der Waals surface area contributed by atoms with Crippen molar-refractivity contribution in [2.45, 2.75) is 69.5 Å². The quantitative estimate of drug-likeness (QED) is 0.702. The molecule has 0 aliphatic carbocycles. The Bertz CT molecular complexity index is 718. The van der Waals surface area contributed by atoms with Crippen LogP contribution in [0.25, 0.3) is 0 Å². The van der Waals surface area contributed by atoms with E-state index in [0.717, 1.165) is 11.3 Å². The van der Waals surface area contributed by atoms with Gasteiger partial charge in [-0.1, -0.05) is 26.0 Å².